The third-order valence-electron chi connectivity index (χ3n) is 0.999. The molecule has 0 spiro atoms. The van der Waals surface area contributed by atoms with E-state index in [-0.39, 0.29) is 12.4 Å². The van der Waals surface area contributed by atoms with Crippen LogP contribution < -0.4 is 5.73 Å². The van der Waals surface area contributed by atoms with E-state index in [4.69, 9.17) is 15.6 Å². The Bertz CT molecular complexity index is 285. The molecule has 5 nitrogen and oxygen atoms in total. The van der Waals surface area contributed by atoms with Gasteiger partial charge in [0.2, 0.25) is 5.95 Å². The molecule has 1 heterocycles. The van der Waals surface area contributed by atoms with Crippen molar-refractivity contribution in [3.05, 3.63) is 18.0 Å². The predicted molar refractivity (Wildman–Crippen MR) is 40.1 cm³/mol. The van der Waals surface area contributed by atoms with Gasteiger partial charge in [0.15, 0.2) is 0 Å². The first-order chi connectivity index (χ1) is 6.41. The predicted octanol–water partition coefficient (Wildman–Crippen LogP) is 0.778. The first kappa shape index (κ1) is 12.1. The first-order valence-corrected chi connectivity index (χ1v) is 3.14. The summed E-state index contributed by atoms with van der Waals surface area (Å²) in [5.41, 5.74) is 4.08. The van der Waals surface area contributed by atoms with Crippen LogP contribution in [-0.4, -0.2) is 21.5 Å². The standard InChI is InChI=1S/C5H4F3N3.CH2O2/c6-5(7,8)3-1-10-4(9)11-2-3;2-1-3/h1-2H,(H2,9,10,11);1H,(H,2,3). The molecule has 0 saturated heterocycles. The van der Waals surface area contributed by atoms with Gasteiger partial charge in [-0.1, -0.05) is 0 Å². The highest BCUT2D eigenvalue weighted by molar-refractivity contribution is 5.32. The minimum absolute atomic E-state index is 0.169. The van der Waals surface area contributed by atoms with E-state index in [9.17, 15) is 13.2 Å². The Balaban J connectivity index is 0.000000500. The number of rotatable bonds is 0. The fourth-order valence-electron chi connectivity index (χ4n) is 0.484. The van der Waals surface area contributed by atoms with Gasteiger partial charge < -0.3 is 10.8 Å². The van der Waals surface area contributed by atoms with Crippen LogP contribution in [0.2, 0.25) is 0 Å². The van der Waals surface area contributed by atoms with E-state index in [1.165, 1.54) is 0 Å². The van der Waals surface area contributed by atoms with Crippen molar-refractivity contribution >= 4 is 12.4 Å². The number of anilines is 1. The molecule has 0 bridgehead atoms. The molecule has 0 saturated carbocycles. The molecule has 0 aliphatic rings. The summed E-state index contributed by atoms with van der Waals surface area (Å²) in [5.74, 6) is -0.169. The molecule has 0 unspecified atom stereocenters. The molecule has 1 aromatic rings. The summed E-state index contributed by atoms with van der Waals surface area (Å²) >= 11 is 0. The zero-order valence-electron chi connectivity index (χ0n) is 6.69. The van der Waals surface area contributed by atoms with Crippen molar-refractivity contribution in [1.29, 1.82) is 0 Å². The second kappa shape index (κ2) is 5.00. The number of nitrogens with zero attached hydrogens (tertiary/aromatic N) is 2. The maximum absolute atomic E-state index is 11.8. The number of hydrogen-bond acceptors (Lipinski definition) is 4. The van der Waals surface area contributed by atoms with Crippen molar-refractivity contribution in [3.63, 3.8) is 0 Å². The first-order valence-electron chi connectivity index (χ1n) is 3.14. The third kappa shape index (κ3) is 4.24. The minimum Gasteiger partial charge on any atom is -0.483 e. The average molecular weight is 209 g/mol. The molecule has 8 heteroatoms. The molecule has 78 valence electrons. The van der Waals surface area contributed by atoms with E-state index in [0.717, 1.165) is 0 Å². The number of halogens is 3. The van der Waals surface area contributed by atoms with Crippen LogP contribution in [0.15, 0.2) is 12.4 Å². The molecule has 0 fully saturated rings. The van der Waals surface area contributed by atoms with Crippen LogP contribution in [0.25, 0.3) is 0 Å². The number of nitrogens with two attached hydrogens (primary N) is 1. The minimum atomic E-state index is -4.40. The van der Waals surface area contributed by atoms with E-state index < -0.39 is 11.7 Å². The monoisotopic (exact) mass is 209 g/mol. The summed E-state index contributed by atoms with van der Waals surface area (Å²) in [7, 11) is 0. The molecular formula is C6H6F3N3O2. The van der Waals surface area contributed by atoms with Crippen molar-refractivity contribution in [2.24, 2.45) is 0 Å². The van der Waals surface area contributed by atoms with Crippen molar-refractivity contribution in [2.75, 3.05) is 5.73 Å². The summed E-state index contributed by atoms with van der Waals surface area (Å²) in [6.45, 7) is -0.250. The summed E-state index contributed by atoms with van der Waals surface area (Å²) < 4.78 is 35.4. The lowest BCUT2D eigenvalue weighted by Gasteiger charge is -2.03. The second-order valence-corrected chi connectivity index (χ2v) is 1.93. The fraction of sp³-hybridized carbons (Fsp3) is 0.167. The number of nitrogen functional groups attached to an aromatic ring is 1. The van der Waals surface area contributed by atoms with Gasteiger partial charge in [-0.3, -0.25) is 4.79 Å². The fourth-order valence-corrected chi connectivity index (χ4v) is 0.484. The quantitative estimate of drug-likeness (QED) is 0.616. The number of aromatic nitrogens is 2. The van der Waals surface area contributed by atoms with Gasteiger partial charge in [-0.2, -0.15) is 13.2 Å². The third-order valence-corrected chi connectivity index (χ3v) is 0.999. The summed E-state index contributed by atoms with van der Waals surface area (Å²) in [5, 5.41) is 6.89. The van der Waals surface area contributed by atoms with Gasteiger partial charge in [0, 0.05) is 12.4 Å². The van der Waals surface area contributed by atoms with Crippen LogP contribution in [0.4, 0.5) is 19.1 Å². The van der Waals surface area contributed by atoms with Crippen LogP contribution in [0, 0.1) is 0 Å². The van der Waals surface area contributed by atoms with Gasteiger partial charge in [-0.15, -0.1) is 0 Å². The Morgan fingerprint density at radius 2 is 1.71 bits per heavy atom. The number of alkyl halides is 3. The van der Waals surface area contributed by atoms with E-state index >= 15 is 0 Å². The molecule has 3 N–H and O–H groups in total. The van der Waals surface area contributed by atoms with Crippen LogP contribution in [0.5, 0.6) is 0 Å². The molecule has 0 aromatic carbocycles. The molecule has 0 aliphatic heterocycles. The summed E-state index contributed by atoms with van der Waals surface area (Å²) in [4.78, 5) is 14.7. The Morgan fingerprint density at radius 1 is 1.36 bits per heavy atom. The van der Waals surface area contributed by atoms with Crippen molar-refractivity contribution in [1.82, 2.24) is 9.97 Å². The maximum atomic E-state index is 11.8. The number of carboxylic acid groups (broad SMARTS) is 1. The molecule has 0 radical (unpaired) electrons. The van der Waals surface area contributed by atoms with Gasteiger partial charge in [-0.25, -0.2) is 9.97 Å². The molecule has 0 amide bonds. The SMILES string of the molecule is Nc1ncc(C(F)(F)F)cn1.O=CO. The van der Waals surface area contributed by atoms with E-state index in [2.05, 4.69) is 9.97 Å². The van der Waals surface area contributed by atoms with Crippen LogP contribution in [0.1, 0.15) is 5.56 Å². The second-order valence-electron chi connectivity index (χ2n) is 1.93. The van der Waals surface area contributed by atoms with Crippen LogP contribution in [0.3, 0.4) is 0 Å². The average Bonchev–Trinajstić information content (AvgIpc) is 2.04. The Labute approximate surface area is 76.4 Å². The lowest BCUT2D eigenvalue weighted by Crippen LogP contribution is -2.07. The van der Waals surface area contributed by atoms with Crippen LogP contribution >= 0.6 is 0 Å². The Hall–Kier alpha value is -1.86. The highest BCUT2D eigenvalue weighted by Gasteiger charge is 2.31. The molecule has 0 aliphatic carbocycles. The van der Waals surface area contributed by atoms with Crippen molar-refractivity contribution in [3.8, 4) is 0 Å². The van der Waals surface area contributed by atoms with E-state index in [1.807, 2.05) is 0 Å². The number of carbonyl (C=O) groups is 1. The van der Waals surface area contributed by atoms with Gasteiger partial charge >= 0.3 is 6.18 Å². The zero-order chi connectivity index (χ0) is 11.2. The largest absolute Gasteiger partial charge is 0.483 e. The number of hydrogen-bond donors (Lipinski definition) is 2. The molecule has 1 aromatic heterocycles. The van der Waals surface area contributed by atoms with E-state index in [0.29, 0.717) is 12.4 Å². The van der Waals surface area contributed by atoms with Crippen molar-refractivity contribution in [2.45, 2.75) is 6.18 Å². The topological polar surface area (TPSA) is 89.1 Å². The van der Waals surface area contributed by atoms with Crippen molar-refractivity contribution < 1.29 is 23.1 Å². The Kier molecular flexibility index (Phi) is 4.33. The summed E-state index contributed by atoms with van der Waals surface area (Å²) in [6.07, 6.45) is -3.11. The highest BCUT2D eigenvalue weighted by Crippen LogP contribution is 2.27. The van der Waals surface area contributed by atoms with Gasteiger partial charge in [0.1, 0.15) is 0 Å². The molecular weight excluding hydrogens is 203 g/mol. The molecule has 0 atom stereocenters. The lowest BCUT2D eigenvalue weighted by molar-refractivity contribution is -0.138. The molecule has 14 heavy (non-hydrogen) atoms. The zero-order valence-corrected chi connectivity index (χ0v) is 6.69. The lowest BCUT2D eigenvalue weighted by atomic mass is 10.3. The molecule has 1 rings (SSSR count). The van der Waals surface area contributed by atoms with Gasteiger partial charge in [0.05, 0.1) is 5.56 Å². The van der Waals surface area contributed by atoms with Gasteiger partial charge in [-0.05, 0) is 0 Å². The maximum Gasteiger partial charge on any atom is 0.419 e. The van der Waals surface area contributed by atoms with Crippen LogP contribution in [-0.2, 0) is 11.0 Å². The summed E-state index contributed by atoms with van der Waals surface area (Å²) in [6, 6.07) is 0. The smallest absolute Gasteiger partial charge is 0.419 e. The highest BCUT2D eigenvalue weighted by atomic mass is 19.4. The van der Waals surface area contributed by atoms with E-state index in [1.54, 1.807) is 0 Å². The Morgan fingerprint density at radius 3 is 2.00 bits per heavy atom. The normalized spacial score (nSPS) is 9.93. The van der Waals surface area contributed by atoms with Gasteiger partial charge in [0.25, 0.3) is 6.47 Å².